The first-order valence-electron chi connectivity index (χ1n) is 11.0. The van der Waals surface area contributed by atoms with Crippen LogP contribution in [0.25, 0.3) is 5.76 Å². The van der Waals surface area contributed by atoms with Crippen molar-refractivity contribution in [2.24, 2.45) is 0 Å². The van der Waals surface area contributed by atoms with Crippen LogP contribution in [0.5, 0.6) is 5.75 Å². The number of hydrogen-bond donors (Lipinski definition) is 1. The first-order valence-corrected chi connectivity index (χ1v) is 11.0. The van der Waals surface area contributed by atoms with E-state index in [4.69, 9.17) is 4.74 Å². The highest BCUT2D eigenvalue weighted by atomic mass is 19.2. The second-order valence-electron chi connectivity index (χ2n) is 8.21. The Kier molecular flexibility index (Phi) is 6.55. The van der Waals surface area contributed by atoms with Crippen molar-refractivity contribution in [1.82, 2.24) is 0 Å². The number of aliphatic hydroxyl groups is 1. The molecular weight excluding hydrogens is 454 g/mol. The van der Waals surface area contributed by atoms with E-state index in [1.54, 1.807) is 48.5 Å². The Morgan fingerprint density at radius 2 is 1.71 bits per heavy atom. The van der Waals surface area contributed by atoms with Crippen LogP contribution in [0, 0.1) is 11.6 Å². The molecule has 1 fully saturated rings. The van der Waals surface area contributed by atoms with Crippen LogP contribution in [0.4, 0.5) is 20.2 Å². The number of nitrogens with zero attached hydrogens (tertiary/aromatic N) is 2. The van der Waals surface area contributed by atoms with Crippen molar-refractivity contribution in [3.05, 3.63) is 95.1 Å². The SMILES string of the molecule is CCOc1cccc(/C(O)=C2\C(=O)C(=O)N(c3ccc(F)c(F)c3)C2c2ccc(N(C)C)cc2)c1. The number of rotatable bonds is 6. The molecule has 0 aliphatic carbocycles. The van der Waals surface area contributed by atoms with Gasteiger partial charge in [0.15, 0.2) is 11.6 Å². The van der Waals surface area contributed by atoms with Gasteiger partial charge in [0.25, 0.3) is 11.7 Å². The van der Waals surface area contributed by atoms with Crippen molar-refractivity contribution in [2.45, 2.75) is 13.0 Å². The van der Waals surface area contributed by atoms with Gasteiger partial charge in [-0.3, -0.25) is 14.5 Å². The number of benzene rings is 3. The van der Waals surface area contributed by atoms with E-state index in [1.807, 2.05) is 25.9 Å². The van der Waals surface area contributed by atoms with Gasteiger partial charge >= 0.3 is 0 Å². The van der Waals surface area contributed by atoms with E-state index < -0.39 is 35.1 Å². The fourth-order valence-electron chi connectivity index (χ4n) is 4.06. The van der Waals surface area contributed by atoms with Crippen molar-refractivity contribution >= 4 is 28.8 Å². The Balaban J connectivity index is 1.92. The minimum Gasteiger partial charge on any atom is -0.507 e. The molecule has 1 aliphatic heterocycles. The molecule has 1 saturated heterocycles. The maximum atomic E-state index is 14.1. The number of carbonyl (C=O) groups is 2. The fourth-order valence-corrected chi connectivity index (χ4v) is 4.06. The fraction of sp³-hybridized carbons (Fsp3) is 0.185. The zero-order chi connectivity index (χ0) is 25.3. The third-order valence-electron chi connectivity index (χ3n) is 5.77. The molecule has 6 nitrogen and oxygen atoms in total. The third kappa shape index (κ3) is 4.47. The van der Waals surface area contributed by atoms with E-state index in [0.717, 1.165) is 22.7 Å². The molecule has 1 unspecified atom stereocenters. The van der Waals surface area contributed by atoms with Crippen LogP contribution in [0.1, 0.15) is 24.1 Å². The van der Waals surface area contributed by atoms with Crippen molar-refractivity contribution in [2.75, 3.05) is 30.5 Å². The lowest BCUT2D eigenvalue weighted by Crippen LogP contribution is -2.29. The van der Waals surface area contributed by atoms with E-state index in [2.05, 4.69) is 0 Å². The number of aliphatic hydroxyl groups excluding tert-OH is 1. The van der Waals surface area contributed by atoms with Crippen molar-refractivity contribution < 1.29 is 28.2 Å². The molecule has 1 atom stereocenters. The second-order valence-corrected chi connectivity index (χ2v) is 8.21. The van der Waals surface area contributed by atoms with Crippen LogP contribution >= 0.6 is 0 Å². The third-order valence-corrected chi connectivity index (χ3v) is 5.77. The monoisotopic (exact) mass is 478 g/mol. The molecular formula is C27H24F2N2O4. The molecule has 1 aliphatic rings. The highest BCUT2D eigenvalue weighted by molar-refractivity contribution is 6.51. The summed E-state index contributed by atoms with van der Waals surface area (Å²) in [7, 11) is 3.74. The lowest BCUT2D eigenvalue weighted by molar-refractivity contribution is -0.132. The van der Waals surface area contributed by atoms with Gasteiger partial charge < -0.3 is 14.7 Å². The average molecular weight is 478 g/mol. The van der Waals surface area contributed by atoms with Crippen LogP contribution in [-0.4, -0.2) is 37.5 Å². The van der Waals surface area contributed by atoms with Crippen molar-refractivity contribution in [3.63, 3.8) is 0 Å². The zero-order valence-electron chi connectivity index (χ0n) is 19.5. The molecule has 0 bridgehead atoms. The summed E-state index contributed by atoms with van der Waals surface area (Å²) in [4.78, 5) is 29.3. The summed E-state index contributed by atoms with van der Waals surface area (Å²) in [6.45, 7) is 2.22. The number of ketones is 1. The van der Waals surface area contributed by atoms with Gasteiger partial charge in [-0.15, -0.1) is 0 Å². The van der Waals surface area contributed by atoms with Crippen LogP contribution in [0.15, 0.2) is 72.3 Å². The molecule has 1 N–H and O–H groups in total. The molecule has 0 aromatic heterocycles. The lowest BCUT2D eigenvalue weighted by Gasteiger charge is -2.26. The highest BCUT2D eigenvalue weighted by Gasteiger charge is 2.47. The van der Waals surface area contributed by atoms with Gasteiger partial charge in [0, 0.05) is 37.1 Å². The van der Waals surface area contributed by atoms with Gasteiger partial charge in [0.2, 0.25) is 0 Å². The van der Waals surface area contributed by atoms with E-state index in [1.165, 1.54) is 6.07 Å². The number of halogens is 2. The minimum absolute atomic E-state index is 0.00481. The molecule has 35 heavy (non-hydrogen) atoms. The van der Waals surface area contributed by atoms with Crippen LogP contribution < -0.4 is 14.5 Å². The lowest BCUT2D eigenvalue weighted by atomic mass is 9.94. The number of anilines is 2. The highest BCUT2D eigenvalue weighted by Crippen LogP contribution is 2.43. The predicted octanol–water partition coefficient (Wildman–Crippen LogP) is 5.06. The molecule has 0 spiro atoms. The zero-order valence-corrected chi connectivity index (χ0v) is 19.5. The number of ether oxygens (including phenoxy) is 1. The normalized spacial score (nSPS) is 17.1. The molecule has 0 radical (unpaired) electrons. The summed E-state index contributed by atoms with van der Waals surface area (Å²) in [5, 5.41) is 11.2. The topological polar surface area (TPSA) is 70.1 Å². The van der Waals surface area contributed by atoms with Crippen molar-refractivity contribution in [3.8, 4) is 5.75 Å². The van der Waals surface area contributed by atoms with Crippen molar-refractivity contribution in [1.29, 1.82) is 0 Å². The first kappa shape index (κ1) is 23.9. The number of Topliss-reactive ketones (excluding diaryl/α,β-unsaturated/α-hetero) is 1. The van der Waals surface area contributed by atoms with Gasteiger partial charge in [-0.1, -0.05) is 24.3 Å². The molecule has 1 heterocycles. The van der Waals surface area contributed by atoms with E-state index in [9.17, 15) is 23.5 Å². The Morgan fingerprint density at radius 3 is 2.34 bits per heavy atom. The van der Waals surface area contributed by atoms with E-state index >= 15 is 0 Å². The molecule has 1 amide bonds. The average Bonchev–Trinajstić information content (AvgIpc) is 3.11. The Labute approximate surface area is 201 Å². The van der Waals surface area contributed by atoms with Crippen LogP contribution in [0.3, 0.4) is 0 Å². The Hall–Kier alpha value is -4.20. The Morgan fingerprint density at radius 1 is 1.00 bits per heavy atom. The van der Waals surface area contributed by atoms with E-state index in [0.29, 0.717) is 17.9 Å². The summed E-state index contributed by atoms with van der Waals surface area (Å²) < 4.78 is 33.2. The standard InChI is InChI=1S/C27H24F2N2O4/c1-4-35-20-7-5-6-17(14-20)25(32)23-24(16-8-10-18(11-9-16)30(2)3)31(27(34)26(23)33)19-12-13-21(28)22(29)15-19/h5-15,24,32H,4H2,1-3H3/b25-23+. The van der Waals surface area contributed by atoms with Gasteiger partial charge in [0.05, 0.1) is 18.2 Å². The molecule has 180 valence electrons. The smallest absolute Gasteiger partial charge is 0.300 e. The van der Waals surface area contributed by atoms with Gasteiger partial charge in [-0.25, -0.2) is 8.78 Å². The van der Waals surface area contributed by atoms with Gasteiger partial charge in [0.1, 0.15) is 11.5 Å². The quantitative estimate of drug-likeness (QED) is 0.305. The molecule has 3 aromatic carbocycles. The van der Waals surface area contributed by atoms with Crippen LogP contribution in [-0.2, 0) is 9.59 Å². The largest absolute Gasteiger partial charge is 0.507 e. The summed E-state index contributed by atoms with van der Waals surface area (Å²) in [5.41, 5.74) is 1.51. The predicted molar refractivity (Wildman–Crippen MR) is 130 cm³/mol. The van der Waals surface area contributed by atoms with Crippen LogP contribution in [0.2, 0.25) is 0 Å². The molecule has 4 rings (SSSR count). The first-order chi connectivity index (χ1) is 16.7. The molecule has 0 saturated carbocycles. The maximum absolute atomic E-state index is 14.1. The second kappa shape index (κ2) is 9.58. The van der Waals surface area contributed by atoms with E-state index in [-0.39, 0.29) is 16.8 Å². The maximum Gasteiger partial charge on any atom is 0.300 e. The van der Waals surface area contributed by atoms with Gasteiger partial charge in [-0.2, -0.15) is 0 Å². The summed E-state index contributed by atoms with van der Waals surface area (Å²) in [5.74, 6) is -4.04. The number of amides is 1. The number of carbonyl (C=O) groups excluding carboxylic acids is 2. The number of hydrogen-bond acceptors (Lipinski definition) is 5. The summed E-state index contributed by atoms with van der Waals surface area (Å²) in [6.07, 6.45) is 0. The minimum atomic E-state index is -1.16. The molecule has 8 heteroatoms. The summed E-state index contributed by atoms with van der Waals surface area (Å²) >= 11 is 0. The molecule has 3 aromatic rings. The van der Waals surface area contributed by atoms with Gasteiger partial charge in [-0.05, 0) is 48.9 Å². The summed E-state index contributed by atoms with van der Waals surface area (Å²) in [6, 6.07) is 15.5. The Bertz CT molecular complexity index is 1320.